The van der Waals surface area contributed by atoms with Crippen LogP contribution in [0.3, 0.4) is 0 Å². The van der Waals surface area contributed by atoms with E-state index >= 15 is 0 Å². The average molecular weight is 278 g/mol. The summed E-state index contributed by atoms with van der Waals surface area (Å²) in [4.78, 5) is 15.5. The molecule has 0 atom stereocenters. The van der Waals surface area contributed by atoms with Crippen LogP contribution in [0.5, 0.6) is 0 Å². The number of aromatic nitrogens is 1. The number of hydrogen-bond acceptors (Lipinski definition) is 3. The number of rotatable bonds is 2. The van der Waals surface area contributed by atoms with Crippen LogP contribution in [0.4, 0.5) is 13.2 Å². The Balaban J connectivity index is 1.82. The normalized spacial score (nSPS) is 24.8. The molecule has 7 heteroatoms. The fourth-order valence-corrected chi connectivity index (χ4v) is 2.68. The molecule has 1 heterocycles. The molecule has 100 valence electrons. The third-order valence-electron chi connectivity index (χ3n) is 3.19. The topological polar surface area (TPSA) is 42.0 Å². The van der Waals surface area contributed by atoms with Gasteiger partial charge in [0.15, 0.2) is 0 Å². The lowest BCUT2D eigenvalue weighted by atomic mass is 9.85. The summed E-state index contributed by atoms with van der Waals surface area (Å²) < 4.78 is 37.4. The van der Waals surface area contributed by atoms with Gasteiger partial charge in [0.25, 0.3) is 5.91 Å². The smallest absolute Gasteiger partial charge is 0.348 e. The molecule has 1 aliphatic carbocycles. The second-order valence-corrected chi connectivity index (χ2v) is 5.16. The summed E-state index contributed by atoms with van der Waals surface area (Å²) in [6, 6.07) is -0.169. The van der Waals surface area contributed by atoms with Gasteiger partial charge in [-0.15, -0.1) is 11.3 Å². The SMILES string of the molecule is O=C(NC1CCC(C(F)(F)F)CC1)c1cscn1. The van der Waals surface area contributed by atoms with Gasteiger partial charge in [-0.2, -0.15) is 13.2 Å². The van der Waals surface area contributed by atoms with Crippen LogP contribution in [-0.2, 0) is 0 Å². The van der Waals surface area contributed by atoms with Crippen molar-refractivity contribution < 1.29 is 18.0 Å². The van der Waals surface area contributed by atoms with E-state index in [4.69, 9.17) is 0 Å². The van der Waals surface area contributed by atoms with Gasteiger partial charge in [0.05, 0.1) is 11.4 Å². The Morgan fingerprint density at radius 1 is 1.33 bits per heavy atom. The van der Waals surface area contributed by atoms with E-state index in [-0.39, 0.29) is 24.8 Å². The van der Waals surface area contributed by atoms with Gasteiger partial charge in [-0.25, -0.2) is 4.98 Å². The molecule has 1 amide bonds. The van der Waals surface area contributed by atoms with Gasteiger partial charge in [0.1, 0.15) is 5.69 Å². The predicted octanol–water partition coefficient (Wildman–Crippen LogP) is 2.99. The first-order valence-electron chi connectivity index (χ1n) is 5.72. The molecule has 1 fully saturated rings. The fourth-order valence-electron chi connectivity index (χ4n) is 2.15. The van der Waals surface area contributed by atoms with Crippen molar-refractivity contribution >= 4 is 17.2 Å². The van der Waals surface area contributed by atoms with Crippen molar-refractivity contribution in [2.75, 3.05) is 0 Å². The minimum atomic E-state index is -4.11. The van der Waals surface area contributed by atoms with E-state index in [9.17, 15) is 18.0 Å². The molecule has 0 aromatic carbocycles. The number of alkyl halides is 3. The highest BCUT2D eigenvalue weighted by Crippen LogP contribution is 2.37. The Morgan fingerprint density at radius 2 is 2.00 bits per heavy atom. The lowest BCUT2D eigenvalue weighted by molar-refractivity contribution is -0.182. The molecule has 18 heavy (non-hydrogen) atoms. The first-order valence-corrected chi connectivity index (χ1v) is 6.67. The van der Waals surface area contributed by atoms with Crippen LogP contribution in [-0.4, -0.2) is 23.1 Å². The van der Waals surface area contributed by atoms with Gasteiger partial charge >= 0.3 is 6.18 Å². The second kappa shape index (κ2) is 5.26. The van der Waals surface area contributed by atoms with Gasteiger partial charge in [0.2, 0.25) is 0 Å². The molecule has 0 radical (unpaired) electrons. The third-order valence-corrected chi connectivity index (χ3v) is 3.78. The highest BCUT2D eigenvalue weighted by atomic mass is 32.1. The summed E-state index contributed by atoms with van der Waals surface area (Å²) in [7, 11) is 0. The summed E-state index contributed by atoms with van der Waals surface area (Å²) in [5.41, 5.74) is 1.88. The largest absolute Gasteiger partial charge is 0.391 e. The predicted molar refractivity (Wildman–Crippen MR) is 61.4 cm³/mol. The van der Waals surface area contributed by atoms with E-state index in [1.807, 2.05) is 0 Å². The van der Waals surface area contributed by atoms with Crippen molar-refractivity contribution in [3.63, 3.8) is 0 Å². The maximum atomic E-state index is 12.5. The van der Waals surface area contributed by atoms with Gasteiger partial charge in [-0.3, -0.25) is 4.79 Å². The maximum absolute atomic E-state index is 12.5. The molecule has 0 aliphatic heterocycles. The number of thiazole rings is 1. The van der Waals surface area contributed by atoms with Gasteiger partial charge in [-0.05, 0) is 25.7 Å². The highest BCUT2D eigenvalue weighted by Gasteiger charge is 2.41. The lowest BCUT2D eigenvalue weighted by Crippen LogP contribution is -2.40. The van der Waals surface area contributed by atoms with Crippen LogP contribution >= 0.6 is 11.3 Å². The van der Waals surface area contributed by atoms with Crippen LogP contribution in [0.15, 0.2) is 10.9 Å². The van der Waals surface area contributed by atoms with E-state index in [1.54, 1.807) is 10.9 Å². The summed E-state index contributed by atoms with van der Waals surface area (Å²) in [5, 5.41) is 4.35. The van der Waals surface area contributed by atoms with E-state index in [0.717, 1.165) is 0 Å². The second-order valence-electron chi connectivity index (χ2n) is 4.44. The third kappa shape index (κ3) is 3.22. The lowest BCUT2D eigenvalue weighted by Gasteiger charge is -2.30. The number of nitrogens with zero attached hydrogens (tertiary/aromatic N) is 1. The van der Waals surface area contributed by atoms with E-state index in [1.165, 1.54) is 11.3 Å². The number of carbonyl (C=O) groups excluding carboxylic acids is 1. The number of halogens is 3. The molecular weight excluding hydrogens is 265 g/mol. The Morgan fingerprint density at radius 3 is 2.50 bits per heavy atom. The van der Waals surface area contributed by atoms with Gasteiger partial charge in [0, 0.05) is 11.4 Å². The molecule has 1 aromatic heterocycles. The van der Waals surface area contributed by atoms with E-state index in [0.29, 0.717) is 18.5 Å². The average Bonchev–Trinajstić information content (AvgIpc) is 2.82. The van der Waals surface area contributed by atoms with E-state index < -0.39 is 12.1 Å². The van der Waals surface area contributed by atoms with Crippen LogP contribution in [0.2, 0.25) is 0 Å². The Labute approximate surface area is 106 Å². The molecule has 0 bridgehead atoms. The molecule has 0 spiro atoms. The van der Waals surface area contributed by atoms with Crippen LogP contribution < -0.4 is 5.32 Å². The number of carbonyl (C=O) groups is 1. The zero-order valence-corrected chi connectivity index (χ0v) is 10.4. The Kier molecular flexibility index (Phi) is 3.89. The fraction of sp³-hybridized carbons (Fsp3) is 0.636. The standard InChI is InChI=1S/C11H13F3N2OS/c12-11(13,14)7-1-3-8(4-2-7)16-10(17)9-5-18-6-15-9/h5-8H,1-4H2,(H,16,17). The molecular formula is C11H13F3N2OS. The molecule has 2 rings (SSSR count). The van der Waals surface area contributed by atoms with Crippen molar-refractivity contribution in [1.82, 2.24) is 10.3 Å². The van der Waals surface area contributed by atoms with E-state index in [2.05, 4.69) is 10.3 Å². The van der Waals surface area contributed by atoms with Crippen molar-refractivity contribution in [3.05, 3.63) is 16.6 Å². The van der Waals surface area contributed by atoms with Crippen LogP contribution in [0.25, 0.3) is 0 Å². The quantitative estimate of drug-likeness (QED) is 0.903. The van der Waals surface area contributed by atoms with Gasteiger partial charge in [-0.1, -0.05) is 0 Å². The minimum absolute atomic E-state index is 0.0888. The molecule has 3 nitrogen and oxygen atoms in total. The first kappa shape index (κ1) is 13.3. The zero-order chi connectivity index (χ0) is 13.2. The zero-order valence-electron chi connectivity index (χ0n) is 9.54. The van der Waals surface area contributed by atoms with Crippen molar-refractivity contribution in [1.29, 1.82) is 0 Å². The molecule has 1 aromatic rings. The van der Waals surface area contributed by atoms with Crippen molar-refractivity contribution in [2.24, 2.45) is 5.92 Å². The highest BCUT2D eigenvalue weighted by molar-refractivity contribution is 7.07. The monoisotopic (exact) mass is 278 g/mol. The molecule has 1 N–H and O–H groups in total. The number of nitrogens with one attached hydrogen (secondary N) is 1. The van der Waals surface area contributed by atoms with Crippen molar-refractivity contribution in [2.45, 2.75) is 37.9 Å². The summed E-state index contributed by atoms with van der Waals surface area (Å²) >= 11 is 1.31. The minimum Gasteiger partial charge on any atom is -0.348 e. The number of amides is 1. The molecule has 1 saturated carbocycles. The summed E-state index contributed by atoms with van der Waals surface area (Å²) in [6.07, 6.45) is -3.18. The van der Waals surface area contributed by atoms with Crippen molar-refractivity contribution in [3.8, 4) is 0 Å². The number of hydrogen-bond donors (Lipinski definition) is 1. The molecule has 0 unspecified atom stereocenters. The van der Waals surface area contributed by atoms with Crippen LogP contribution in [0, 0.1) is 5.92 Å². The molecule has 0 saturated heterocycles. The first-order chi connectivity index (χ1) is 8.47. The maximum Gasteiger partial charge on any atom is 0.391 e. The summed E-state index contributed by atoms with van der Waals surface area (Å²) in [5.74, 6) is -1.52. The molecule has 1 aliphatic rings. The summed E-state index contributed by atoms with van der Waals surface area (Å²) in [6.45, 7) is 0. The van der Waals surface area contributed by atoms with Gasteiger partial charge < -0.3 is 5.32 Å². The Hall–Kier alpha value is -1.11. The Bertz CT molecular complexity index is 397. The van der Waals surface area contributed by atoms with Crippen LogP contribution in [0.1, 0.15) is 36.2 Å².